The number of ether oxygens (including phenoxy) is 1. The van der Waals surface area contributed by atoms with Crippen molar-refractivity contribution < 1.29 is 19.1 Å². The van der Waals surface area contributed by atoms with E-state index in [1.54, 1.807) is 17.1 Å². The molecule has 0 N–H and O–H groups in total. The fraction of sp³-hybridized carbons (Fsp3) is 0.350. The zero-order valence-corrected chi connectivity index (χ0v) is 18.3. The van der Waals surface area contributed by atoms with Gasteiger partial charge in [0.2, 0.25) is 5.91 Å². The highest BCUT2D eigenvalue weighted by Gasteiger charge is 2.37. The molecule has 0 atom stereocenters. The number of nitrogens with zero attached hydrogens (tertiary/aromatic N) is 2. The molecule has 148 valence electrons. The number of hydrogen-bond acceptors (Lipinski definition) is 5. The van der Waals surface area contributed by atoms with Gasteiger partial charge >= 0.3 is 0 Å². The molecular weight excluding hydrogens is 491 g/mol. The molecule has 0 unspecified atom stereocenters. The SMILES string of the molecule is C=CCOc1ccc(/C=C2\SC(=O)N(CC(=O)N3CCCCC3)C2=O)cc1I. The van der Waals surface area contributed by atoms with Crippen molar-refractivity contribution in [2.45, 2.75) is 19.3 Å². The van der Waals surface area contributed by atoms with Gasteiger partial charge in [0, 0.05) is 13.1 Å². The number of likely N-dealkylation sites (tertiary alicyclic amines) is 1. The molecular formula is C20H21IN2O4S. The summed E-state index contributed by atoms with van der Waals surface area (Å²) < 4.78 is 6.44. The minimum atomic E-state index is -0.414. The van der Waals surface area contributed by atoms with E-state index in [0.717, 1.165) is 50.8 Å². The second kappa shape index (κ2) is 9.60. The zero-order chi connectivity index (χ0) is 20.1. The van der Waals surface area contributed by atoms with E-state index in [2.05, 4.69) is 29.2 Å². The summed E-state index contributed by atoms with van der Waals surface area (Å²) in [5, 5.41) is -0.401. The molecule has 2 aliphatic rings. The van der Waals surface area contributed by atoms with E-state index in [0.29, 0.717) is 24.6 Å². The van der Waals surface area contributed by atoms with Crippen LogP contribution in [0.2, 0.25) is 0 Å². The van der Waals surface area contributed by atoms with Crippen molar-refractivity contribution >= 4 is 57.5 Å². The maximum Gasteiger partial charge on any atom is 0.294 e. The van der Waals surface area contributed by atoms with Gasteiger partial charge in [-0.1, -0.05) is 18.7 Å². The van der Waals surface area contributed by atoms with Crippen molar-refractivity contribution in [2.75, 3.05) is 26.2 Å². The molecule has 3 rings (SSSR count). The zero-order valence-electron chi connectivity index (χ0n) is 15.4. The number of thioether (sulfide) groups is 1. The lowest BCUT2D eigenvalue weighted by Crippen LogP contribution is -2.44. The lowest BCUT2D eigenvalue weighted by molar-refractivity contribution is -0.136. The molecule has 0 aromatic heterocycles. The van der Waals surface area contributed by atoms with E-state index in [1.807, 2.05) is 18.2 Å². The molecule has 2 fully saturated rings. The monoisotopic (exact) mass is 512 g/mol. The summed E-state index contributed by atoms with van der Waals surface area (Å²) in [5.41, 5.74) is 0.795. The first-order chi connectivity index (χ1) is 13.5. The summed E-state index contributed by atoms with van der Waals surface area (Å²) in [7, 11) is 0. The van der Waals surface area contributed by atoms with Crippen molar-refractivity contribution in [1.29, 1.82) is 0 Å². The van der Waals surface area contributed by atoms with Crippen molar-refractivity contribution in [3.63, 3.8) is 0 Å². The second-order valence-electron chi connectivity index (χ2n) is 6.50. The highest BCUT2D eigenvalue weighted by Crippen LogP contribution is 2.33. The van der Waals surface area contributed by atoms with Crippen molar-refractivity contribution in [3.05, 3.63) is 44.9 Å². The van der Waals surface area contributed by atoms with Gasteiger partial charge in [-0.3, -0.25) is 19.3 Å². The molecule has 3 amide bonds. The maximum absolute atomic E-state index is 12.6. The third-order valence-electron chi connectivity index (χ3n) is 4.49. The van der Waals surface area contributed by atoms with Gasteiger partial charge in [0.25, 0.3) is 11.1 Å². The lowest BCUT2D eigenvalue weighted by Gasteiger charge is -2.27. The Kier molecular flexibility index (Phi) is 7.17. The Morgan fingerprint density at radius 1 is 1.25 bits per heavy atom. The predicted octanol–water partition coefficient (Wildman–Crippen LogP) is 3.90. The molecule has 1 aromatic carbocycles. The summed E-state index contributed by atoms with van der Waals surface area (Å²) in [6, 6.07) is 5.53. The van der Waals surface area contributed by atoms with E-state index in [-0.39, 0.29) is 12.5 Å². The predicted molar refractivity (Wildman–Crippen MR) is 118 cm³/mol. The summed E-state index contributed by atoms with van der Waals surface area (Å²) in [4.78, 5) is 40.4. The average molecular weight is 512 g/mol. The first-order valence-electron chi connectivity index (χ1n) is 9.06. The van der Waals surface area contributed by atoms with Crippen LogP contribution in [0.25, 0.3) is 6.08 Å². The first-order valence-corrected chi connectivity index (χ1v) is 11.0. The standard InChI is InChI=1S/C20H21IN2O4S/c1-2-10-27-16-7-6-14(11-15(16)21)12-17-19(25)23(20(26)28-17)13-18(24)22-8-4-3-5-9-22/h2,6-7,11-12H,1,3-5,8-10,13H2/b17-12-. The quantitative estimate of drug-likeness (QED) is 0.329. The fourth-order valence-electron chi connectivity index (χ4n) is 3.04. The number of hydrogen-bond donors (Lipinski definition) is 0. The van der Waals surface area contributed by atoms with Gasteiger partial charge in [0.05, 0.1) is 8.48 Å². The van der Waals surface area contributed by atoms with Crippen LogP contribution in [0.1, 0.15) is 24.8 Å². The number of rotatable bonds is 6. The molecule has 0 bridgehead atoms. The van der Waals surface area contributed by atoms with Crippen molar-refractivity contribution in [3.8, 4) is 5.75 Å². The fourth-order valence-corrected chi connectivity index (χ4v) is 4.57. The molecule has 1 aromatic rings. The normalized spacial score (nSPS) is 18.7. The Morgan fingerprint density at radius 2 is 2.00 bits per heavy atom. The van der Waals surface area contributed by atoms with Crippen LogP contribution in [0.4, 0.5) is 4.79 Å². The largest absolute Gasteiger partial charge is 0.488 e. The molecule has 2 heterocycles. The van der Waals surface area contributed by atoms with Gasteiger partial charge in [-0.25, -0.2) is 0 Å². The molecule has 0 spiro atoms. The Morgan fingerprint density at radius 3 is 2.68 bits per heavy atom. The number of carbonyl (C=O) groups excluding carboxylic acids is 3. The summed E-state index contributed by atoms with van der Waals surface area (Å²) >= 11 is 3.03. The number of halogens is 1. The Bertz CT molecular complexity index is 833. The molecule has 28 heavy (non-hydrogen) atoms. The number of carbonyl (C=O) groups is 3. The first kappa shape index (κ1) is 20.9. The van der Waals surface area contributed by atoms with E-state index >= 15 is 0 Å². The molecule has 8 heteroatoms. The van der Waals surface area contributed by atoms with E-state index in [9.17, 15) is 14.4 Å². The highest BCUT2D eigenvalue weighted by atomic mass is 127. The van der Waals surface area contributed by atoms with Gasteiger partial charge < -0.3 is 9.64 Å². The van der Waals surface area contributed by atoms with Crippen LogP contribution in [0.5, 0.6) is 5.75 Å². The third-order valence-corrected chi connectivity index (χ3v) is 6.24. The van der Waals surface area contributed by atoms with Crippen molar-refractivity contribution in [2.24, 2.45) is 0 Å². The number of benzene rings is 1. The Balaban J connectivity index is 1.69. The van der Waals surface area contributed by atoms with Gasteiger partial charge in [0.15, 0.2) is 0 Å². The number of amides is 3. The van der Waals surface area contributed by atoms with Gasteiger partial charge in [-0.2, -0.15) is 0 Å². The van der Waals surface area contributed by atoms with E-state index < -0.39 is 11.1 Å². The molecule has 0 aliphatic carbocycles. The van der Waals surface area contributed by atoms with Crippen molar-refractivity contribution in [1.82, 2.24) is 9.80 Å². The third kappa shape index (κ3) is 4.96. The second-order valence-corrected chi connectivity index (χ2v) is 8.65. The smallest absolute Gasteiger partial charge is 0.294 e. The molecule has 6 nitrogen and oxygen atoms in total. The van der Waals surface area contributed by atoms with E-state index in [1.165, 1.54) is 0 Å². The van der Waals surface area contributed by atoms with Crippen LogP contribution >= 0.6 is 34.4 Å². The minimum absolute atomic E-state index is 0.165. The Hall–Kier alpha value is -1.81. The minimum Gasteiger partial charge on any atom is -0.488 e. The highest BCUT2D eigenvalue weighted by molar-refractivity contribution is 14.1. The van der Waals surface area contributed by atoms with Crippen LogP contribution in [0.15, 0.2) is 35.8 Å². The summed E-state index contributed by atoms with van der Waals surface area (Å²) in [6.45, 7) is 5.25. The molecule has 2 saturated heterocycles. The van der Waals surface area contributed by atoms with E-state index in [4.69, 9.17) is 4.74 Å². The molecule has 0 radical (unpaired) electrons. The van der Waals surface area contributed by atoms with Crippen LogP contribution in [-0.4, -0.2) is 53.1 Å². The van der Waals surface area contributed by atoms with Crippen LogP contribution in [0, 0.1) is 3.57 Å². The number of piperidine rings is 1. The van der Waals surface area contributed by atoms with Gasteiger partial charge in [-0.15, -0.1) is 0 Å². The van der Waals surface area contributed by atoms with Gasteiger partial charge in [-0.05, 0) is 77.4 Å². The van der Waals surface area contributed by atoms with Gasteiger partial charge in [0.1, 0.15) is 18.9 Å². The van der Waals surface area contributed by atoms with Crippen LogP contribution in [0.3, 0.4) is 0 Å². The molecule has 0 saturated carbocycles. The summed E-state index contributed by atoms with van der Waals surface area (Å²) in [5.74, 6) is 0.154. The lowest BCUT2D eigenvalue weighted by atomic mass is 10.1. The summed E-state index contributed by atoms with van der Waals surface area (Å²) in [6.07, 6.45) is 6.41. The topological polar surface area (TPSA) is 66.9 Å². The maximum atomic E-state index is 12.6. The molecule has 2 aliphatic heterocycles. The Labute approximate surface area is 182 Å². The number of imide groups is 1. The average Bonchev–Trinajstić information content (AvgIpc) is 2.95. The van der Waals surface area contributed by atoms with Crippen LogP contribution in [-0.2, 0) is 9.59 Å². The van der Waals surface area contributed by atoms with Crippen LogP contribution < -0.4 is 4.74 Å².